The lowest BCUT2D eigenvalue weighted by molar-refractivity contribution is -0.407. The first-order chi connectivity index (χ1) is 40.3. The third-order valence-corrected chi connectivity index (χ3v) is 21.0. The Morgan fingerprint density at radius 3 is 1.71 bits per heavy atom. The molecule has 4 aliphatic carbocycles. The van der Waals surface area contributed by atoms with Crippen LogP contribution in [0.15, 0.2) is 23.3 Å². The minimum Gasteiger partial charge on any atom is -0.394 e. The molecule has 9 aliphatic rings. The van der Waals surface area contributed by atoms with Gasteiger partial charge in [-0.25, -0.2) is 4.18 Å². The number of allylic oxidation sites excluding steroid dienone is 4. The fourth-order valence-corrected chi connectivity index (χ4v) is 16.4. The number of ketones is 1. The maximum absolute atomic E-state index is 13.1. The Labute approximate surface area is 499 Å². The van der Waals surface area contributed by atoms with E-state index >= 15 is 0 Å². The SMILES string of the molecule is CC(C)=CC(=O)CC(C)C1CCC2C3CC(OC4OC(CO)C(O)C(OC5OC(C)C(OC6OC(CO)C(O)C(O)C6OC6OC(C)C(O)C(O)C6O)C(O)C5OC5OC(C)C(O)C(O)C5O)C4O)C4CC(OS(=O)(=O)O)CCC4(C)C3=CCC12C. The van der Waals surface area contributed by atoms with E-state index in [1.165, 1.54) is 26.3 Å². The summed E-state index contributed by atoms with van der Waals surface area (Å²) >= 11 is 0. The first-order valence-electron chi connectivity index (χ1n) is 30.1. The smallest absolute Gasteiger partial charge is 0.394 e. The first-order valence-corrected chi connectivity index (χ1v) is 31.5. The van der Waals surface area contributed by atoms with Crippen molar-refractivity contribution in [2.24, 2.45) is 40.4 Å². The summed E-state index contributed by atoms with van der Waals surface area (Å²) in [5, 5.41) is 145. The van der Waals surface area contributed by atoms with E-state index in [-0.39, 0.29) is 47.7 Å². The molecule has 34 unspecified atom stereocenters. The Kier molecular flexibility index (Phi) is 21.5. The van der Waals surface area contributed by atoms with Crippen LogP contribution in [0.4, 0.5) is 0 Å². The number of aliphatic hydroxyl groups excluding tert-OH is 13. The summed E-state index contributed by atoms with van der Waals surface area (Å²) < 4.78 is 101. The lowest BCUT2D eigenvalue weighted by atomic mass is 9.47. The van der Waals surface area contributed by atoms with Gasteiger partial charge in [0.2, 0.25) is 0 Å². The largest absolute Gasteiger partial charge is 0.397 e. The summed E-state index contributed by atoms with van der Waals surface area (Å²) in [4.78, 5) is 13.1. The van der Waals surface area contributed by atoms with Crippen molar-refractivity contribution in [3.63, 3.8) is 0 Å². The maximum atomic E-state index is 13.1. The van der Waals surface area contributed by atoms with Gasteiger partial charge in [0, 0.05) is 6.42 Å². The fraction of sp³-hybridized carbons (Fsp3) is 0.912. The summed E-state index contributed by atoms with van der Waals surface area (Å²) in [7, 11) is -4.89. The van der Waals surface area contributed by atoms with E-state index in [1.54, 1.807) is 6.08 Å². The normalized spacial score (nSPS) is 51.1. The Morgan fingerprint density at radius 1 is 0.605 bits per heavy atom. The van der Waals surface area contributed by atoms with Gasteiger partial charge >= 0.3 is 10.4 Å². The zero-order valence-electron chi connectivity index (χ0n) is 49.6. The van der Waals surface area contributed by atoms with Gasteiger partial charge in [-0.3, -0.25) is 9.35 Å². The highest BCUT2D eigenvalue weighted by atomic mass is 32.3. The maximum Gasteiger partial charge on any atom is 0.397 e. The van der Waals surface area contributed by atoms with E-state index in [9.17, 15) is 84.1 Å². The highest BCUT2D eigenvalue weighted by Gasteiger charge is 2.63. The summed E-state index contributed by atoms with van der Waals surface area (Å²) in [5.74, 6) is -0.164. The number of hydrogen-bond acceptors (Lipinski definition) is 27. The average Bonchev–Trinajstić information content (AvgIpc) is 1.29. The Hall–Kier alpha value is -1.90. The number of ether oxygens (including phenoxy) is 10. The van der Waals surface area contributed by atoms with E-state index < -0.39 is 201 Å². The van der Waals surface area contributed by atoms with Crippen molar-refractivity contribution in [2.75, 3.05) is 13.2 Å². The molecule has 29 heteroatoms. The van der Waals surface area contributed by atoms with Crippen molar-refractivity contribution in [2.45, 2.75) is 272 Å². The molecule has 0 aromatic heterocycles. The number of rotatable bonds is 18. The van der Waals surface area contributed by atoms with Crippen LogP contribution in [0.2, 0.25) is 0 Å². The molecule has 8 fully saturated rings. The third-order valence-electron chi connectivity index (χ3n) is 20.5. The van der Waals surface area contributed by atoms with Gasteiger partial charge in [-0.1, -0.05) is 38.0 Å². The Morgan fingerprint density at radius 2 is 1.13 bits per heavy atom. The molecule has 14 N–H and O–H groups in total. The molecule has 0 spiro atoms. The molecule has 0 radical (unpaired) electrons. The second-order valence-electron chi connectivity index (χ2n) is 26.4. The van der Waals surface area contributed by atoms with E-state index in [2.05, 4.69) is 26.8 Å². The van der Waals surface area contributed by atoms with E-state index in [1.807, 2.05) is 13.8 Å². The first kappa shape index (κ1) is 68.5. The minimum atomic E-state index is -4.89. The van der Waals surface area contributed by atoms with Crippen molar-refractivity contribution in [3.05, 3.63) is 23.3 Å². The number of fused-ring (bicyclic) bond motifs is 5. The van der Waals surface area contributed by atoms with Crippen molar-refractivity contribution >= 4 is 16.2 Å². The van der Waals surface area contributed by atoms with Crippen LogP contribution in [0.25, 0.3) is 0 Å². The number of carbonyl (C=O) groups is 1. The van der Waals surface area contributed by atoms with Gasteiger partial charge in [0.1, 0.15) is 104 Å². The molecule has 3 saturated carbocycles. The topological polar surface area (TPSA) is 436 Å². The van der Waals surface area contributed by atoms with Gasteiger partial charge in [0.05, 0.1) is 43.7 Å². The second-order valence-corrected chi connectivity index (χ2v) is 27.4. The van der Waals surface area contributed by atoms with Gasteiger partial charge in [-0.2, -0.15) is 8.42 Å². The third kappa shape index (κ3) is 13.5. The van der Waals surface area contributed by atoms with Crippen LogP contribution >= 0.6 is 0 Å². The monoisotopic (exact) mass is 1260 g/mol. The van der Waals surface area contributed by atoms with E-state index in [4.69, 9.17) is 51.6 Å². The van der Waals surface area contributed by atoms with Crippen LogP contribution < -0.4 is 0 Å². The Balaban J connectivity index is 1.00. The molecule has 5 saturated heterocycles. The fourth-order valence-electron chi connectivity index (χ4n) is 15.8. The molecular formula is C57H92O28S. The number of aliphatic hydroxyl groups is 13. The van der Waals surface area contributed by atoms with Crippen LogP contribution in [0, 0.1) is 40.4 Å². The second kappa shape index (κ2) is 27.0. The van der Waals surface area contributed by atoms with Crippen LogP contribution in [0.5, 0.6) is 0 Å². The predicted molar refractivity (Wildman–Crippen MR) is 290 cm³/mol. The van der Waals surface area contributed by atoms with Crippen LogP contribution in [0.1, 0.15) is 107 Å². The zero-order valence-corrected chi connectivity index (χ0v) is 50.4. The number of carbonyl (C=O) groups excluding carboxylic acids is 1. The van der Waals surface area contributed by atoms with Gasteiger partial charge in [-0.15, -0.1) is 0 Å². The molecule has 5 aliphatic heterocycles. The van der Waals surface area contributed by atoms with Crippen molar-refractivity contribution in [1.82, 2.24) is 0 Å². The van der Waals surface area contributed by atoms with Crippen LogP contribution in [-0.2, 0) is 66.7 Å². The highest BCUT2D eigenvalue weighted by molar-refractivity contribution is 7.80. The lowest BCUT2D eigenvalue weighted by Crippen LogP contribution is -2.68. The van der Waals surface area contributed by atoms with Crippen LogP contribution in [0.3, 0.4) is 0 Å². The molecule has 28 nitrogen and oxygen atoms in total. The molecule has 0 amide bonds. The van der Waals surface area contributed by atoms with Gasteiger partial charge < -0.3 is 114 Å². The molecule has 34 atom stereocenters. The lowest BCUT2D eigenvalue weighted by Gasteiger charge is -2.59. The van der Waals surface area contributed by atoms with Gasteiger partial charge in [0.25, 0.3) is 0 Å². The standard InChI is InChI=1S/C57H92O28S/c1-21(2)15-26(60)16-22(3)29-9-10-30-28-18-33(32-17-27(85-86(72,73)74)11-13-57(32,8)31(28)12-14-56(29,30)7)78-53-46(71)48(39(64)35(20-59)79-53)82-54-50(84-52-44(69)41(66)37(62)24(5)76-52)45(70)47(25(6)77-54)81-55-49(42(67)38(63)34(19-58)80-55)83-51-43(68)40(65)36(61)23(4)75-51/h12,15,22-25,27-30,32-55,58-59,61-71H,9-11,13-14,16-20H2,1-8H3,(H,72,73,74). The predicted octanol–water partition coefficient (Wildman–Crippen LogP) is -2.51. The summed E-state index contributed by atoms with van der Waals surface area (Å²) in [6, 6.07) is 0. The molecule has 0 aromatic rings. The number of hydrogen-bond donors (Lipinski definition) is 14. The summed E-state index contributed by atoms with van der Waals surface area (Å²) in [5.41, 5.74) is 1.24. The van der Waals surface area contributed by atoms with Crippen molar-refractivity contribution < 1.29 is 136 Å². The molecular weight excluding hydrogens is 1160 g/mol. The molecule has 86 heavy (non-hydrogen) atoms. The summed E-state index contributed by atoms with van der Waals surface area (Å²) in [6.07, 6.45) is -37.8. The van der Waals surface area contributed by atoms with Gasteiger partial charge in [0.15, 0.2) is 37.2 Å². The van der Waals surface area contributed by atoms with Crippen molar-refractivity contribution in [1.29, 1.82) is 0 Å². The van der Waals surface area contributed by atoms with E-state index in [0.29, 0.717) is 19.3 Å². The molecule has 5 heterocycles. The van der Waals surface area contributed by atoms with Crippen LogP contribution in [-0.4, -0.2) is 264 Å². The molecule has 494 valence electrons. The van der Waals surface area contributed by atoms with Gasteiger partial charge in [-0.05, 0) is 126 Å². The minimum absolute atomic E-state index is 0.0661. The quantitative estimate of drug-likeness (QED) is 0.0383. The molecule has 0 bridgehead atoms. The van der Waals surface area contributed by atoms with Crippen molar-refractivity contribution in [3.8, 4) is 0 Å². The highest BCUT2D eigenvalue weighted by Crippen LogP contribution is 2.67. The van der Waals surface area contributed by atoms with E-state index in [0.717, 1.165) is 24.8 Å². The Bertz CT molecular complexity index is 2490. The molecule has 9 rings (SSSR count). The average molecular weight is 1260 g/mol. The molecule has 0 aromatic carbocycles. The summed E-state index contributed by atoms with van der Waals surface area (Å²) in [6.45, 7) is 12.6. The zero-order chi connectivity index (χ0) is 63.0.